The van der Waals surface area contributed by atoms with Crippen LogP contribution in [0, 0.1) is 0 Å². The second-order valence-corrected chi connectivity index (χ2v) is 7.87. The quantitative estimate of drug-likeness (QED) is 0.556. The third-order valence-electron chi connectivity index (χ3n) is 6.00. The summed E-state index contributed by atoms with van der Waals surface area (Å²) in [5, 5.41) is 4.73. The first-order valence-corrected chi connectivity index (χ1v) is 10.1. The van der Waals surface area contributed by atoms with E-state index < -0.39 is 5.92 Å². The van der Waals surface area contributed by atoms with Crippen LogP contribution in [0.15, 0.2) is 54.9 Å². The topological polar surface area (TPSA) is 66.9 Å². The number of imide groups is 1. The Hall–Kier alpha value is -3.34. The zero-order chi connectivity index (χ0) is 20.0. The normalized spacial score (nSPS) is 14.2. The molecule has 146 valence electrons. The van der Waals surface area contributed by atoms with Crippen LogP contribution in [0.25, 0.3) is 21.8 Å². The molecule has 0 saturated heterocycles. The Labute approximate surface area is 168 Å². The number of nitrogens with one attached hydrogen (secondary N) is 2. The van der Waals surface area contributed by atoms with E-state index in [1.165, 1.54) is 11.1 Å². The first kappa shape index (κ1) is 17.7. The van der Waals surface area contributed by atoms with Crippen molar-refractivity contribution in [1.29, 1.82) is 0 Å². The van der Waals surface area contributed by atoms with Gasteiger partial charge in [0.1, 0.15) is 0 Å². The molecule has 0 saturated carbocycles. The van der Waals surface area contributed by atoms with E-state index >= 15 is 0 Å². The highest BCUT2D eigenvalue weighted by Gasteiger charge is 2.22. The van der Waals surface area contributed by atoms with Crippen molar-refractivity contribution >= 4 is 33.6 Å². The van der Waals surface area contributed by atoms with Gasteiger partial charge in [0, 0.05) is 35.2 Å². The predicted molar refractivity (Wildman–Crippen MR) is 114 cm³/mol. The van der Waals surface area contributed by atoms with Crippen molar-refractivity contribution < 1.29 is 9.59 Å². The number of rotatable bonds is 4. The number of amides is 2. The smallest absolute Gasteiger partial charge is 0.233 e. The Morgan fingerprint density at radius 1 is 1.14 bits per heavy atom. The molecule has 29 heavy (non-hydrogen) atoms. The highest BCUT2D eigenvalue weighted by molar-refractivity contribution is 6.02. The lowest BCUT2D eigenvalue weighted by molar-refractivity contribution is -0.130. The van der Waals surface area contributed by atoms with Crippen LogP contribution in [-0.4, -0.2) is 21.4 Å². The fraction of sp³-hybridized carbons (Fsp3) is 0.250. The van der Waals surface area contributed by atoms with Gasteiger partial charge >= 0.3 is 0 Å². The van der Waals surface area contributed by atoms with Crippen LogP contribution in [-0.2, 0) is 29.0 Å². The molecule has 2 amide bonds. The zero-order valence-corrected chi connectivity index (χ0v) is 16.4. The molecule has 0 fully saturated rings. The third-order valence-corrected chi connectivity index (χ3v) is 6.00. The molecule has 1 aliphatic heterocycles. The maximum absolute atomic E-state index is 12.7. The van der Waals surface area contributed by atoms with Gasteiger partial charge in [-0.05, 0) is 42.5 Å². The molecule has 1 aliphatic rings. The summed E-state index contributed by atoms with van der Waals surface area (Å²) in [7, 11) is 0. The number of carbonyl (C=O) groups is 2. The van der Waals surface area contributed by atoms with Gasteiger partial charge in [-0.1, -0.05) is 36.4 Å². The van der Waals surface area contributed by atoms with Crippen molar-refractivity contribution in [3.63, 3.8) is 0 Å². The summed E-state index contributed by atoms with van der Waals surface area (Å²) < 4.78 is 2.24. The van der Waals surface area contributed by atoms with Crippen LogP contribution in [0.5, 0.6) is 0 Å². The van der Waals surface area contributed by atoms with Gasteiger partial charge in [0.25, 0.3) is 0 Å². The first-order chi connectivity index (χ1) is 14.1. The van der Waals surface area contributed by atoms with Crippen LogP contribution >= 0.6 is 0 Å². The summed E-state index contributed by atoms with van der Waals surface area (Å²) in [6, 6.07) is 14.2. The highest BCUT2D eigenvalue weighted by Crippen LogP contribution is 2.30. The lowest BCUT2D eigenvalue weighted by Crippen LogP contribution is -2.34. The van der Waals surface area contributed by atoms with E-state index in [-0.39, 0.29) is 18.2 Å². The third kappa shape index (κ3) is 3.03. The van der Waals surface area contributed by atoms with E-state index in [4.69, 9.17) is 0 Å². The van der Waals surface area contributed by atoms with Crippen molar-refractivity contribution in [2.75, 3.05) is 0 Å². The van der Waals surface area contributed by atoms with Gasteiger partial charge in [-0.15, -0.1) is 0 Å². The molecule has 0 spiro atoms. The molecule has 0 radical (unpaired) electrons. The van der Waals surface area contributed by atoms with Crippen LogP contribution < -0.4 is 5.32 Å². The molecular weight excluding hydrogens is 362 g/mol. The van der Waals surface area contributed by atoms with Gasteiger partial charge < -0.3 is 9.55 Å². The number of para-hydroxylation sites is 2. The van der Waals surface area contributed by atoms with Gasteiger partial charge in [0.15, 0.2) is 0 Å². The monoisotopic (exact) mass is 385 g/mol. The van der Waals surface area contributed by atoms with Crippen molar-refractivity contribution in [2.45, 2.75) is 38.6 Å². The number of hydrogen-bond acceptors (Lipinski definition) is 2. The largest absolute Gasteiger partial charge is 0.361 e. The molecule has 2 aromatic heterocycles. The highest BCUT2D eigenvalue weighted by atomic mass is 16.2. The van der Waals surface area contributed by atoms with Gasteiger partial charge in [-0.3, -0.25) is 14.9 Å². The Kier molecular flexibility index (Phi) is 4.23. The molecule has 2 aromatic carbocycles. The van der Waals surface area contributed by atoms with Gasteiger partial charge in [-0.2, -0.15) is 0 Å². The van der Waals surface area contributed by atoms with Gasteiger partial charge in [0.05, 0.1) is 17.9 Å². The fourth-order valence-corrected chi connectivity index (χ4v) is 4.53. The van der Waals surface area contributed by atoms with Crippen molar-refractivity contribution in [1.82, 2.24) is 14.9 Å². The molecule has 1 atom stereocenters. The number of carbonyl (C=O) groups excluding carboxylic acids is 2. The summed E-state index contributed by atoms with van der Waals surface area (Å²) >= 11 is 0. The number of aryl methyl sites for hydroxylation is 2. The van der Waals surface area contributed by atoms with E-state index in [0.29, 0.717) is 0 Å². The van der Waals surface area contributed by atoms with Crippen molar-refractivity contribution in [2.24, 2.45) is 0 Å². The van der Waals surface area contributed by atoms with Gasteiger partial charge in [-0.25, -0.2) is 0 Å². The molecule has 2 N–H and O–H groups in total. The van der Waals surface area contributed by atoms with E-state index in [2.05, 4.69) is 39.3 Å². The van der Waals surface area contributed by atoms with Crippen LogP contribution in [0.4, 0.5) is 0 Å². The number of nitrogens with zero attached hydrogens (tertiary/aromatic N) is 1. The lowest BCUT2D eigenvalue weighted by Gasteiger charge is -2.14. The van der Waals surface area contributed by atoms with E-state index in [1.54, 1.807) is 0 Å². The summed E-state index contributed by atoms with van der Waals surface area (Å²) in [5.41, 5.74) is 5.44. The Bertz CT molecular complexity index is 1250. The molecule has 0 unspecified atom stereocenters. The van der Waals surface area contributed by atoms with Crippen LogP contribution in [0.3, 0.4) is 0 Å². The van der Waals surface area contributed by atoms with Crippen LogP contribution in [0.2, 0.25) is 0 Å². The maximum atomic E-state index is 12.7. The maximum Gasteiger partial charge on any atom is 0.233 e. The van der Waals surface area contributed by atoms with E-state index in [1.807, 2.05) is 37.4 Å². The number of aromatic nitrogens is 2. The van der Waals surface area contributed by atoms with Crippen LogP contribution in [0.1, 0.15) is 36.0 Å². The first-order valence-electron chi connectivity index (χ1n) is 10.1. The average molecular weight is 385 g/mol. The summed E-state index contributed by atoms with van der Waals surface area (Å²) in [5.74, 6) is -0.941. The minimum absolute atomic E-state index is 0.208. The zero-order valence-electron chi connectivity index (χ0n) is 16.4. The SMILES string of the molecule is C[C@@H](C(=O)NC(=O)Cc1cn2c3c(cccc13)CCC2)c1c[nH]c2ccccc12. The standard InChI is InChI=1S/C24H23N3O2/c1-15(20-13-25-21-10-3-2-8-19(20)21)24(29)26-22(28)12-17-14-27-11-5-7-16-6-4-9-18(17)23(16)27/h2-4,6,8-10,13-15,25H,5,7,11-12H2,1H3,(H,26,28,29)/t15-/m1/s1. The summed E-state index contributed by atoms with van der Waals surface area (Å²) in [6.45, 7) is 2.81. The summed E-state index contributed by atoms with van der Waals surface area (Å²) in [6.07, 6.45) is 6.32. The number of H-pyrrole nitrogens is 1. The molecule has 5 heteroatoms. The Morgan fingerprint density at radius 2 is 1.97 bits per heavy atom. The molecule has 0 aliphatic carbocycles. The average Bonchev–Trinajstić information content (AvgIpc) is 3.31. The molecular formula is C24H23N3O2. The number of aromatic amines is 1. The minimum atomic E-state index is -0.412. The van der Waals surface area contributed by atoms with E-state index in [0.717, 1.165) is 46.8 Å². The molecule has 3 heterocycles. The Balaban J connectivity index is 1.34. The molecule has 5 nitrogen and oxygen atoms in total. The molecule has 0 bridgehead atoms. The summed E-state index contributed by atoms with van der Waals surface area (Å²) in [4.78, 5) is 28.6. The number of hydrogen-bond donors (Lipinski definition) is 2. The molecule has 4 aromatic rings. The van der Waals surface area contributed by atoms with Crippen molar-refractivity contribution in [3.8, 4) is 0 Å². The van der Waals surface area contributed by atoms with Crippen molar-refractivity contribution in [3.05, 3.63) is 71.5 Å². The number of benzene rings is 2. The lowest BCUT2D eigenvalue weighted by atomic mass is 9.99. The van der Waals surface area contributed by atoms with Gasteiger partial charge in [0.2, 0.25) is 11.8 Å². The van der Waals surface area contributed by atoms with E-state index in [9.17, 15) is 9.59 Å². The Morgan fingerprint density at radius 3 is 2.86 bits per heavy atom. The predicted octanol–water partition coefficient (Wildman–Crippen LogP) is 4.06. The second-order valence-electron chi connectivity index (χ2n) is 7.87. The molecule has 5 rings (SSSR count). The fourth-order valence-electron chi connectivity index (χ4n) is 4.53. The minimum Gasteiger partial charge on any atom is -0.361 e. The number of fused-ring (bicyclic) bond motifs is 1. The second kappa shape index (κ2) is 6.92.